The van der Waals surface area contributed by atoms with Gasteiger partial charge < -0.3 is 15.0 Å². The van der Waals surface area contributed by atoms with Crippen LogP contribution in [0.3, 0.4) is 0 Å². The minimum absolute atomic E-state index is 0.0287. The molecular formula is C33H30Cl2F3N3O3. The largest absolute Gasteiger partial charge is 0.487 e. The van der Waals surface area contributed by atoms with Crippen LogP contribution in [-0.4, -0.2) is 30.4 Å². The average molecular weight is 645 g/mol. The smallest absolute Gasteiger partial charge is 0.416 e. The maximum absolute atomic E-state index is 12.9. The molecule has 0 radical (unpaired) electrons. The fraction of sp³-hybridized carbons (Fsp3) is 0.242. The molecule has 2 amide bonds. The summed E-state index contributed by atoms with van der Waals surface area (Å²) in [6, 6.07) is 15.6. The highest BCUT2D eigenvalue weighted by atomic mass is 35.5. The number of anilines is 1. The van der Waals surface area contributed by atoms with Crippen LogP contribution in [0.25, 0.3) is 17.0 Å². The lowest BCUT2D eigenvalue weighted by molar-refractivity contribution is -0.137. The van der Waals surface area contributed by atoms with Gasteiger partial charge in [0.15, 0.2) is 0 Å². The van der Waals surface area contributed by atoms with Crippen molar-refractivity contribution in [3.05, 3.63) is 105 Å². The van der Waals surface area contributed by atoms with Gasteiger partial charge in [-0.15, -0.1) is 0 Å². The van der Waals surface area contributed by atoms with Crippen molar-refractivity contribution in [2.75, 3.05) is 18.5 Å². The summed E-state index contributed by atoms with van der Waals surface area (Å²) < 4.78 is 44.2. The van der Waals surface area contributed by atoms with Gasteiger partial charge in [-0.1, -0.05) is 60.8 Å². The molecule has 0 aliphatic carbocycles. The molecule has 3 aromatic carbocycles. The number of aromatic nitrogens is 1. The summed E-state index contributed by atoms with van der Waals surface area (Å²) >= 11 is 13.1. The molecule has 0 aliphatic rings. The number of halogens is 5. The maximum atomic E-state index is 12.9. The van der Waals surface area contributed by atoms with Gasteiger partial charge in [0.2, 0.25) is 11.8 Å². The van der Waals surface area contributed by atoms with Gasteiger partial charge in [0.1, 0.15) is 12.4 Å². The Balaban J connectivity index is 1.39. The van der Waals surface area contributed by atoms with E-state index in [1.165, 1.54) is 35.7 Å². The lowest BCUT2D eigenvalue weighted by Crippen LogP contribution is -2.37. The van der Waals surface area contributed by atoms with E-state index >= 15 is 0 Å². The summed E-state index contributed by atoms with van der Waals surface area (Å²) in [6.45, 7) is 3.67. The fourth-order valence-corrected chi connectivity index (χ4v) is 5.04. The third-order valence-electron chi connectivity index (χ3n) is 6.92. The van der Waals surface area contributed by atoms with E-state index in [2.05, 4.69) is 24.4 Å². The Morgan fingerprint density at radius 1 is 1.05 bits per heavy atom. The molecule has 0 atom stereocenters. The van der Waals surface area contributed by atoms with Gasteiger partial charge in [-0.05, 0) is 66.9 Å². The fourth-order valence-electron chi connectivity index (χ4n) is 4.44. The maximum Gasteiger partial charge on any atom is 0.416 e. The van der Waals surface area contributed by atoms with Gasteiger partial charge in [-0.3, -0.25) is 9.59 Å². The van der Waals surface area contributed by atoms with Crippen LogP contribution >= 0.6 is 23.2 Å². The molecule has 6 nitrogen and oxygen atoms in total. The van der Waals surface area contributed by atoms with Gasteiger partial charge in [0.05, 0.1) is 34.0 Å². The Labute approximate surface area is 263 Å². The molecule has 44 heavy (non-hydrogen) atoms. The molecule has 0 spiro atoms. The number of nitrogens with one attached hydrogen (secondary N) is 1. The topological polar surface area (TPSA) is 71.5 Å². The predicted octanol–water partition coefficient (Wildman–Crippen LogP) is 8.19. The molecular weight excluding hydrogens is 614 g/mol. The van der Waals surface area contributed by atoms with Crippen LogP contribution in [0.1, 0.15) is 41.3 Å². The van der Waals surface area contributed by atoms with E-state index in [1.807, 2.05) is 19.1 Å². The second kappa shape index (κ2) is 14.1. The summed E-state index contributed by atoms with van der Waals surface area (Å²) in [7, 11) is 1.51. The van der Waals surface area contributed by atoms with Crippen molar-refractivity contribution in [1.82, 2.24) is 10.3 Å². The average Bonchev–Trinajstić information content (AvgIpc) is 2.98. The van der Waals surface area contributed by atoms with Crippen molar-refractivity contribution in [2.24, 2.45) is 0 Å². The molecule has 11 heteroatoms. The molecule has 0 aliphatic heterocycles. The summed E-state index contributed by atoms with van der Waals surface area (Å²) in [5, 5.41) is 3.99. The molecule has 230 valence electrons. The van der Waals surface area contributed by atoms with Crippen LogP contribution in [0.15, 0.2) is 66.7 Å². The van der Waals surface area contributed by atoms with Gasteiger partial charge in [-0.2, -0.15) is 13.2 Å². The normalized spacial score (nSPS) is 11.6. The predicted molar refractivity (Wildman–Crippen MR) is 168 cm³/mol. The number of benzene rings is 3. The molecule has 0 saturated heterocycles. The third-order valence-corrected chi connectivity index (χ3v) is 7.69. The highest BCUT2D eigenvalue weighted by Gasteiger charge is 2.29. The number of rotatable bonds is 10. The monoisotopic (exact) mass is 643 g/mol. The zero-order valence-electron chi connectivity index (χ0n) is 24.3. The molecule has 4 aromatic rings. The van der Waals surface area contributed by atoms with E-state index in [0.29, 0.717) is 33.3 Å². The quantitative estimate of drug-likeness (QED) is 0.177. The van der Waals surface area contributed by atoms with Gasteiger partial charge in [0.25, 0.3) is 0 Å². The van der Waals surface area contributed by atoms with Crippen LogP contribution in [0, 0.1) is 6.92 Å². The van der Waals surface area contributed by atoms with Crippen molar-refractivity contribution < 1.29 is 27.5 Å². The van der Waals surface area contributed by atoms with Crippen LogP contribution in [-0.2, 0) is 28.8 Å². The van der Waals surface area contributed by atoms with E-state index in [9.17, 15) is 22.8 Å². The third kappa shape index (κ3) is 8.09. The standard InChI is InChI=1S/C33H30Cl2F3N3O3/c1-4-5-22-6-10-23-17-29(20(2)40-27(23)16-22)44-19-25-26(34)13-14-28(32(25)35)41(3)31(43)18-39-30(42)15-9-21-7-11-24(12-8-21)33(36,37)38/h6-17H,4-5,18-19H2,1-3H3,(H,39,42)/b15-9+. The molecule has 1 heterocycles. The number of carbonyl (C=O) groups excluding carboxylic acids is 2. The molecule has 0 bridgehead atoms. The second-order valence-electron chi connectivity index (χ2n) is 10.1. The Morgan fingerprint density at radius 2 is 1.77 bits per heavy atom. The van der Waals surface area contributed by atoms with E-state index in [1.54, 1.807) is 12.1 Å². The number of aryl methyl sites for hydroxylation is 2. The molecule has 0 unspecified atom stereocenters. The number of fused-ring (bicyclic) bond motifs is 1. The van der Waals surface area contributed by atoms with Crippen LogP contribution < -0.4 is 15.0 Å². The summed E-state index contributed by atoms with van der Waals surface area (Å²) in [6.07, 6.45) is 0.0677. The number of amides is 2. The van der Waals surface area contributed by atoms with Crippen LogP contribution in [0.5, 0.6) is 5.75 Å². The van der Waals surface area contributed by atoms with E-state index in [4.69, 9.17) is 32.9 Å². The second-order valence-corrected chi connectivity index (χ2v) is 10.9. The van der Waals surface area contributed by atoms with E-state index in [0.717, 1.165) is 42.0 Å². The lowest BCUT2D eigenvalue weighted by Gasteiger charge is -2.21. The Hall–Kier alpha value is -4.08. The minimum Gasteiger partial charge on any atom is -0.487 e. The van der Waals surface area contributed by atoms with Crippen LogP contribution in [0.2, 0.25) is 10.0 Å². The number of likely N-dealkylation sites (N-methyl/N-ethyl adjacent to an activating group) is 1. The first kappa shape index (κ1) is 32.8. The van der Waals surface area contributed by atoms with Crippen LogP contribution in [0.4, 0.5) is 18.9 Å². The zero-order chi connectivity index (χ0) is 32.0. The summed E-state index contributed by atoms with van der Waals surface area (Å²) in [4.78, 5) is 31.1. The number of ether oxygens (including phenoxy) is 1. The summed E-state index contributed by atoms with van der Waals surface area (Å²) in [5.41, 5.74) is 3.28. The number of nitrogens with zero attached hydrogens (tertiary/aromatic N) is 2. The van der Waals surface area contributed by atoms with Gasteiger partial charge in [0, 0.05) is 29.1 Å². The van der Waals surface area contributed by atoms with Crippen molar-refractivity contribution in [2.45, 2.75) is 39.5 Å². The van der Waals surface area contributed by atoms with E-state index < -0.39 is 23.6 Å². The molecule has 1 N–H and O–H groups in total. The first-order valence-corrected chi connectivity index (χ1v) is 14.5. The molecule has 0 saturated carbocycles. The zero-order valence-corrected chi connectivity index (χ0v) is 25.8. The van der Waals surface area contributed by atoms with E-state index in [-0.39, 0.29) is 18.2 Å². The number of carbonyl (C=O) groups is 2. The first-order chi connectivity index (χ1) is 20.9. The highest BCUT2D eigenvalue weighted by Crippen LogP contribution is 2.35. The summed E-state index contributed by atoms with van der Waals surface area (Å²) in [5.74, 6) is -0.479. The number of hydrogen-bond acceptors (Lipinski definition) is 4. The Kier molecular flexibility index (Phi) is 10.5. The Bertz CT molecular complexity index is 1710. The molecule has 0 fully saturated rings. The van der Waals surface area contributed by atoms with Crippen molar-refractivity contribution >= 4 is 57.7 Å². The van der Waals surface area contributed by atoms with Crippen molar-refractivity contribution in [3.8, 4) is 5.75 Å². The number of hydrogen-bond donors (Lipinski definition) is 1. The highest BCUT2D eigenvalue weighted by molar-refractivity contribution is 6.38. The number of pyridine rings is 1. The van der Waals surface area contributed by atoms with Gasteiger partial charge >= 0.3 is 6.18 Å². The van der Waals surface area contributed by atoms with Crippen molar-refractivity contribution in [1.29, 1.82) is 0 Å². The SMILES string of the molecule is CCCc1ccc2cc(OCc3c(Cl)ccc(N(C)C(=O)CNC(=O)/C=C/c4ccc(C(F)(F)F)cc4)c3Cl)c(C)nc2c1. The van der Waals surface area contributed by atoms with Crippen molar-refractivity contribution in [3.63, 3.8) is 0 Å². The Morgan fingerprint density at radius 3 is 2.45 bits per heavy atom. The minimum atomic E-state index is -4.45. The van der Waals surface area contributed by atoms with Gasteiger partial charge in [-0.25, -0.2) is 4.98 Å². The number of alkyl halides is 3. The molecule has 1 aromatic heterocycles. The molecule has 4 rings (SSSR count). The first-order valence-electron chi connectivity index (χ1n) is 13.8. The lowest BCUT2D eigenvalue weighted by atomic mass is 10.1.